The van der Waals surface area contributed by atoms with Gasteiger partial charge in [-0.1, -0.05) is 17.7 Å². The van der Waals surface area contributed by atoms with E-state index >= 15 is 0 Å². The molecule has 0 amide bonds. The van der Waals surface area contributed by atoms with Crippen molar-refractivity contribution in [1.82, 2.24) is 9.97 Å². The molecule has 0 saturated heterocycles. The van der Waals surface area contributed by atoms with Crippen molar-refractivity contribution in [3.8, 4) is 0 Å². The molecule has 0 atom stereocenters. The van der Waals surface area contributed by atoms with Crippen LogP contribution in [0.2, 0.25) is 5.02 Å². The van der Waals surface area contributed by atoms with E-state index in [4.69, 9.17) is 17.3 Å². The third-order valence-electron chi connectivity index (χ3n) is 6.39. The molecule has 1 aromatic carbocycles. The summed E-state index contributed by atoms with van der Waals surface area (Å²) in [7, 11) is 0. The fourth-order valence-electron chi connectivity index (χ4n) is 5.81. The molecule has 26 heavy (non-hydrogen) atoms. The Morgan fingerprint density at radius 3 is 2.31 bits per heavy atom. The molecule has 0 radical (unpaired) electrons. The summed E-state index contributed by atoms with van der Waals surface area (Å²) in [5, 5.41) is 7.69. The molecule has 4 saturated carbocycles. The average molecular weight is 370 g/mol. The molecule has 4 aliphatic carbocycles. The predicted octanol–water partition coefficient (Wildman–Crippen LogP) is 4.84. The smallest absolute Gasteiger partial charge is 0.159 e. The van der Waals surface area contributed by atoms with Crippen LogP contribution < -0.4 is 16.4 Å². The van der Waals surface area contributed by atoms with Gasteiger partial charge in [-0.2, -0.15) is 0 Å². The van der Waals surface area contributed by atoms with Crippen LogP contribution in [-0.4, -0.2) is 15.5 Å². The molecule has 4 N–H and O–H groups in total. The second kappa shape index (κ2) is 6.02. The van der Waals surface area contributed by atoms with Gasteiger partial charge < -0.3 is 16.4 Å². The van der Waals surface area contributed by atoms with Gasteiger partial charge in [-0.15, -0.1) is 0 Å². The minimum atomic E-state index is 0.171. The van der Waals surface area contributed by atoms with Gasteiger partial charge in [-0.3, -0.25) is 0 Å². The largest absolute Gasteiger partial charge is 0.393 e. The SMILES string of the molecule is Nc1c(Nc2cccc(Cl)c2)ncnc1NC12CC3CC(CC(C3)C1)C2. The van der Waals surface area contributed by atoms with Crippen molar-refractivity contribution in [2.75, 3.05) is 16.4 Å². The Labute approximate surface area is 158 Å². The van der Waals surface area contributed by atoms with E-state index in [1.54, 1.807) is 6.33 Å². The topological polar surface area (TPSA) is 75.9 Å². The van der Waals surface area contributed by atoms with Crippen molar-refractivity contribution >= 4 is 34.6 Å². The molecule has 5 nitrogen and oxygen atoms in total. The van der Waals surface area contributed by atoms with E-state index in [1.165, 1.54) is 38.5 Å². The highest BCUT2D eigenvalue weighted by molar-refractivity contribution is 6.30. The fraction of sp³-hybridized carbons (Fsp3) is 0.500. The lowest BCUT2D eigenvalue weighted by Gasteiger charge is -2.57. The summed E-state index contributed by atoms with van der Waals surface area (Å²) < 4.78 is 0. The van der Waals surface area contributed by atoms with Crippen molar-refractivity contribution in [2.45, 2.75) is 44.1 Å². The number of aromatic nitrogens is 2. The van der Waals surface area contributed by atoms with E-state index in [0.29, 0.717) is 16.5 Å². The molecule has 2 aromatic rings. The number of nitrogens with two attached hydrogens (primary N) is 1. The normalized spacial score (nSPS) is 31.8. The minimum Gasteiger partial charge on any atom is -0.393 e. The van der Waals surface area contributed by atoms with Gasteiger partial charge in [0, 0.05) is 16.2 Å². The first kappa shape index (κ1) is 16.2. The highest BCUT2D eigenvalue weighted by Crippen LogP contribution is 2.56. The lowest BCUT2D eigenvalue weighted by molar-refractivity contribution is 0.0106. The van der Waals surface area contributed by atoms with Crippen LogP contribution in [0.1, 0.15) is 38.5 Å². The van der Waals surface area contributed by atoms with Crippen LogP contribution in [0.5, 0.6) is 0 Å². The Bertz CT molecular complexity index is 801. The molecule has 4 fully saturated rings. The monoisotopic (exact) mass is 369 g/mol. The first-order valence-corrected chi connectivity index (χ1v) is 9.88. The van der Waals surface area contributed by atoms with Crippen molar-refractivity contribution in [2.24, 2.45) is 17.8 Å². The number of nitrogens with one attached hydrogen (secondary N) is 2. The second-order valence-corrected chi connectivity index (χ2v) is 8.88. The van der Waals surface area contributed by atoms with Crippen molar-refractivity contribution in [1.29, 1.82) is 0 Å². The highest BCUT2D eigenvalue weighted by atomic mass is 35.5. The summed E-state index contributed by atoms with van der Waals surface area (Å²) in [6, 6.07) is 7.54. The summed E-state index contributed by atoms with van der Waals surface area (Å²) in [4.78, 5) is 8.79. The third kappa shape index (κ3) is 2.88. The number of nitrogens with zero attached hydrogens (tertiary/aromatic N) is 2. The third-order valence-corrected chi connectivity index (χ3v) is 6.63. The van der Waals surface area contributed by atoms with Crippen LogP contribution >= 0.6 is 11.6 Å². The Kier molecular flexibility index (Phi) is 3.74. The first-order chi connectivity index (χ1) is 12.6. The maximum atomic E-state index is 6.42. The standard InChI is InChI=1S/C20H24ClN5/c21-15-2-1-3-16(7-15)25-18-17(22)19(24-11-23-18)26-20-8-12-4-13(9-20)6-14(5-12)10-20/h1-3,7,11-14H,4-6,8-10,22H2,(H2,23,24,25,26). The van der Waals surface area contributed by atoms with Gasteiger partial charge in [0.25, 0.3) is 0 Å². The van der Waals surface area contributed by atoms with Gasteiger partial charge in [-0.25, -0.2) is 9.97 Å². The maximum absolute atomic E-state index is 6.42. The van der Waals surface area contributed by atoms with Gasteiger partial charge in [0.15, 0.2) is 11.6 Å². The van der Waals surface area contributed by atoms with Crippen LogP contribution in [0.3, 0.4) is 0 Å². The minimum absolute atomic E-state index is 0.171. The number of halogens is 1. The summed E-state index contributed by atoms with van der Waals surface area (Å²) in [6.45, 7) is 0. The Morgan fingerprint density at radius 2 is 1.65 bits per heavy atom. The molecular weight excluding hydrogens is 346 g/mol. The van der Waals surface area contributed by atoms with E-state index in [9.17, 15) is 0 Å². The molecule has 6 heteroatoms. The zero-order chi connectivity index (χ0) is 17.7. The number of nitrogen functional groups attached to an aromatic ring is 1. The average Bonchev–Trinajstić information content (AvgIpc) is 2.57. The Balaban J connectivity index is 1.40. The van der Waals surface area contributed by atoms with Crippen LogP contribution in [0.25, 0.3) is 0 Å². The number of hydrogen-bond acceptors (Lipinski definition) is 5. The molecule has 0 aliphatic heterocycles. The number of rotatable bonds is 4. The summed E-state index contributed by atoms with van der Waals surface area (Å²) in [5.74, 6) is 4.00. The highest BCUT2D eigenvalue weighted by Gasteiger charge is 2.51. The van der Waals surface area contributed by atoms with Crippen molar-refractivity contribution < 1.29 is 0 Å². The van der Waals surface area contributed by atoms with Crippen molar-refractivity contribution in [3.05, 3.63) is 35.6 Å². The summed E-state index contributed by atoms with van der Waals surface area (Å²) in [5.41, 5.74) is 8.02. The van der Waals surface area contributed by atoms with E-state index in [0.717, 1.165) is 29.3 Å². The summed E-state index contributed by atoms with van der Waals surface area (Å²) in [6.07, 6.45) is 9.58. The van der Waals surface area contributed by atoms with E-state index < -0.39 is 0 Å². The Morgan fingerprint density at radius 1 is 1.00 bits per heavy atom. The van der Waals surface area contributed by atoms with Crippen molar-refractivity contribution in [3.63, 3.8) is 0 Å². The van der Waals surface area contributed by atoms with Gasteiger partial charge in [0.1, 0.15) is 12.0 Å². The maximum Gasteiger partial charge on any atom is 0.159 e. The first-order valence-electron chi connectivity index (χ1n) is 9.50. The lowest BCUT2D eigenvalue weighted by atomic mass is 9.53. The van der Waals surface area contributed by atoms with E-state index in [1.807, 2.05) is 24.3 Å². The van der Waals surface area contributed by atoms with Gasteiger partial charge in [0.05, 0.1) is 0 Å². The number of hydrogen-bond donors (Lipinski definition) is 3. The molecule has 0 spiro atoms. The quantitative estimate of drug-likeness (QED) is 0.719. The molecule has 136 valence electrons. The molecule has 0 unspecified atom stereocenters. The van der Waals surface area contributed by atoms with Gasteiger partial charge in [0.2, 0.25) is 0 Å². The van der Waals surface area contributed by atoms with E-state index in [-0.39, 0.29) is 5.54 Å². The molecule has 1 heterocycles. The fourth-order valence-corrected chi connectivity index (χ4v) is 6.00. The molecule has 4 bridgehead atoms. The van der Waals surface area contributed by atoms with Crippen LogP contribution in [0.15, 0.2) is 30.6 Å². The van der Waals surface area contributed by atoms with Gasteiger partial charge >= 0.3 is 0 Å². The predicted molar refractivity (Wildman–Crippen MR) is 106 cm³/mol. The van der Waals surface area contributed by atoms with Crippen LogP contribution in [-0.2, 0) is 0 Å². The zero-order valence-electron chi connectivity index (χ0n) is 14.7. The van der Waals surface area contributed by atoms with E-state index in [2.05, 4.69) is 20.6 Å². The molecule has 4 aliphatic rings. The van der Waals surface area contributed by atoms with Gasteiger partial charge in [-0.05, 0) is 74.5 Å². The number of anilines is 4. The second-order valence-electron chi connectivity index (χ2n) is 8.44. The zero-order valence-corrected chi connectivity index (χ0v) is 15.5. The van der Waals surface area contributed by atoms with Crippen LogP contribution in [0, 0.1) is 17.8 Å². The number of benzene rings is 1. The molecule has 6 rings (SSSR count). The summed E-state index contributed by atoms with van der Waals surface area (Å²) >= 11 is 6.07. The molecule has 1 aromatic heterocycles. The lowest BCUT2D eigenvalue weighted by Crippen LogP contribution is -2.55. The molecular formula is C20H24ClN5. The van der Waals surface area contributed by atoms with Crippen LogP contribution in [0.4, 0.5) is 23.0 Å². The Hall–Kier alpha value is -2.01.